The van der Waals surface area contributed by atoms with E-state index >= 15 is 0 Å². The van der Waals surface area contributed by atoms with Crippen LogP contribution in [0, 0.1) is 5.41 Å². The van der Waals surface area contributed by atoms with Crippen LogP contribution in [0.1, 0.15) is 64.3 Å². The van der Waals surface area contributed by atoms with Gasteiger partial charge in [0.1, 0.15) is 0 Å². The lowest BCUT2D eigenvalue weighted by molar-refractivity contribution is -0.107. The molecule has 0 radical (unpaired) electrons. The van der Waals surface area contributed by atoms with Crippen molar-refractivity contribution in [3.05, 3.63) is 22.4 Å². The van der Waals surface area contributed by atoms with Crippen LogP contribution in [0.3, 0.4) is 0 Å². The summed E-state index contributed by atoms with van der Waals surface area (Å²) in [4.78, 5) is 1.42. The second-order valence-corrected chi connectivity index (χ2v) is 7.65. The highest BCUT2D eigenvalue weighted by atomic mass is 32.1. The monoisotopic (exact) mass is 295 g/mol. The van der Waals surface area contributed by atoms with Crippen LogP contribution in [0.4, 0.5) is 0 Å². The van der Waals surface area contributed by atoms with E-state index in [4.69, 9.17) is 4.74 Å². The average molecular weight is 295 g/mol. The van der Waals surface area contributed by atoms with Crippen LogP contribution in [0.5, 0.6) is 0 Å². The van der Waals surface area contributed by atoms with E-state index in [1.54, 1.807) is 0 Å². The topological polar surface area (TPSA) is 21.3 Å². The van der Waals surface area contributed by atoms with Crippen molar-refractivity contribution in [2.24, 2.45) is 5.41 Å². The number of thiophene rings is 1. The first-order valence-corrected chi connectivity index (χ1v) is 8.82. The van der Waals surface area contributed by atoms with E-state index < -0.39 is 0 Å². The van der Waals surface area contributed by atoms with Gasteiger partial charge in [0.15, 0.2) is 0 Å². The number of ether oxygens (including phenoxy) is 1. The van der Waals surface area contributed by atoms with E-state index in [2.05, 4.69) is 50.5 Å². The van der Waals surface area contributed by atoms with Crippen LogP contribution in [0.2, 0.25) is 0 Å². The Balaban J connectivity index is 2.25. The highest BCUT2D eigenvalue weighted by molar-refractivity contribution is 7.10. The van der Waals surface area contributed by atoms with Gasteiger partial charge in [-0.05, 0) is 56.0 Å². The lowest BCUT2D eigenvalue weighted by Gasteiger charge is -2.47. The van der Waals surface area contributed by atoms with Gasteiger partial charge in [-0.1, -0.05) is 26.8 Å². The highest BCUT2D eigenvalue weighted by Crippen LogP contribution is 2.48. The number of rotatable bonds is 6. The third kappa shape index (κ3) is 3.44. The van der Waals surface area contributed by atoms with Gasteiger partial charge < -0.3 is 10.1 Å². The molecule has 1 aromatic rings. The van der Waals surface area contributed by atoms with E-state index in [1.807, 2.05) is 11.3 Å². The van der Waals surface area contributed by atoms with Gasteiger partial charge in [0, 0.05) is 11.5 Å². The SMILES string of the molecule is CCNC(c1cccs1)C1(OCC)CCC(C)(C)CC1. The van der Waals surface area contributed by atoms with Crippen LogP contribution in [-0.4, -0.2) is 18.8 Å². The molecule has 2 nitrogen and oxygen atoms in total. The van der Waals surface area contributed by atoms with Gasteiger partial charge in [0.25, 0.3) is 0 Å². The van der Waals surface area contributed by atoms with E-state index in [1.165, 1.54) is 17.7 Å². The van der Waals surface area contributed by atoms with Crippen molar-refractivity contribution in [1.29, 1.82) is 0 Å². The molecule has 1 fully saturated rings. The molecule has 2 rings (SSSR count). The normalized spacial score (nSPS) is 22.6. The Hall–Kier alpha value is -0.380. The number of hydrogen-bond acceptors (Lipinski definition) is 3. The first-order valence-electron chi connectivity index (χ1n) is 7.94. The molecule has 1 unspecified atom stereocenters. The lowest BCUT2D eigenvalue weighted by atomic mass is 9.68. The van der Waals surface area contributed by atoms with Gasteiger partial charge in [-0.3, -0.25) is 0 Å². The molecule has 114 valence electrons. The second-order valence-electron chi connectivity index (χ2n) is 6.67. The zero-order valence-electron chi connectivity index (χ0n) is 13.4. The maximum Gasteiger partial charge on any atom is 0.0884 e. The van der Waals surface area contributed by atoms with Crippen molar-refractivity contribution in [3.63, 3.8) is 0 Å². The Morgan fingerprint density at radius 1 is 1.25 bits per heavy atom. The largest absolute Gasteiger partial charge is 0.373 e. The van der Waals surface area contributed by atoms with Gasteiger partial charge in [0.2, 0.25) is 0 Å². The molecule has 1 aromatic heterocycles. The number of likely N-dealkylation sites (N-methyl/N-ethyl adjacent to an activating group) is 1. The Kier molecular flexibility index (Phi) is 5.27. The molecule has 0 bridgehead atoms. The first kappa shape index (κ1) is 16.0. The van der Waals surface area contributed by atoms with Gasteiger partial charge in [-0.2, -0.15) is 0 Å². The predicted octanol–water partition coefficient (Wildman–Crippen LogP) is 4.77. The quantitative estimate of drug-likeness (QED) is 0.816. The van der Waals surface area contributed by atoms with E-state index in [9.17, 15) is 0 Å². The molecule has 0 aromatic carbocycles. The first-order chi connectivity index (χ1) is 9.53. The fourth-order valence-electron chi connectivity index (χ4n) is 3.36. The minimum absolute atomic E-state index is 0.0227. The number of hydrogen-bond donors (Lipinski definition) is 1. The molecule has 1 saturated carbocycles. The number of nitrogens with one attached hydrogen (secondary N) is 1. The summed E-state index contributed by atoms with van der Waals surface area (Å²) in [6, 6.07) is 4.73. The summed E-state index contributed by atoms with van der Waals surface area (Å²) in [5.74, 6) is 0. The summed E-state index contributed by atoms with van der Waals surface area (Å²) in [6.07, 6.45) is 4.81. The molecule has 1 atom stereocenters. The molecule has 0 amide bonds. The summed E-state index contributed by atoms with van der Waals surface area (Å²) >= 11 is 1.85. The molecule has 1 aliphatic rings. The molecule has 3 heteroatoms. The van der Waals surface area contributed by atoms with Gasteiger partial charge in [0.05, 0.1) is 11.6 Å². The zero-order chi connectivity index (χ0) is 14.6. The van der Waals surface area contributed by atoms with Crippen LogP contribution in [0.25, 0.3) is 0 Å². The minimum atomic E-state index is -0.0227. The second kappa shape index (κ2) is 6.59. The van der Waals surface area contributed by atoms with E-state index in [0.29, 0.717) is 11.5 Å². The molecule has 0 spiro atoms. The maximum atomic E-state index is 6.35. The third-order valence-electron chi connectivity index (χ3n) is 4.64. The van der Waals surface area contributed by atoms with Crippen LogP contribution < -0.4 is 5.32 Å². The lowest BCUT2D eigenvalue weighted by Crippen LogP contribution is -2.49. The maximum absolute atomic E-state index is 6.35. The summed E-state index contributed by atoms with van der Waals surface area (Å²) in [5.41, 5.74) is 0.442. The smallest absolute Gasteiger partial charge is 0.0884 e. The molecule has 0 aliphatic heterocycles. The fourth-order valence-corrected chi connectivity index (χ4v) is 4.26. The summed E-state index contributed by atoms with van der Waals surface area (Å²) in [7, 11) is 0. The van der Waals surface area contributed by atoms with Crippen molar-refractivity contribution in [2.75, 3.05) is 13.2 Å². The van der Waals surface area contributed by atoms with Crippen LogP contribution in [-0.2, 0) is 4.74 Å². The van der Waals surface area contributed by atoms with Crippen molar-refractivity contribution in [1.82, 2.24) is 5.32 Å². The van der Waals surface area contributed by atoms with E-state index in [0.717, 1.165) is 26.0 Å². The molecular weight excluding hydrogens is 266 g/mol. The van der Waals surface area contributed by atoms with Crippen molar-refractivity contribution in [2.45, 2.75) is 65.0 Å². The Bertz CT molecular complexity index is 389. The third-order valence-corrected chi connectivity index (χ3v) is 5.58. The Labute approximate surface area is 127 Å². The van der Waals surface area contributed by atoms with Crippen molar-refractivity contribution in [3.8, 4) is 0 Å². The molecule has 20 heavy (non-hydrogen) atoms. The zero-order valence-corrected chi connectivity index (χ0v) is 14.2. The molecule has 0 saturated heterocycles. The highest BCUT2D eigenvalue weighted by Gasteiger charge is 2.45. The van der Waals surface area contributed by atoms with Crippen LogP contribution >= 0.6 is 11.3 Å². The Morgan fingerprint density at radius 2 is 1.95 bits per heavy atom. The molecule has 1 heterocycles. The molecule has 1 N–H and O–H groups in total. The minimum Gasteiger partial charge on any atom is -0.373 e. The van der Waals surface area contributed by atoms with Crippen molar-refractivity contribution >= 4 is 11.3 Å². The summed E-state index contributed by atoms with van der Waals surface area (Å²) in [6.45, 7) is 10.9. The fraction of sp³-hybridized carbons (Fsp3) is 0.765. The van der Waals surface area contributed by atoms with Gasteiger partial charge in [-0.15, -0.1) is 11.3 Å². The van der Waals surface area contributed by atoms with Gasteiger partial charge in [-0.25, -0.2) is 0 Å². The summed E-state index contributed by atoms with van der Waals surface area (Å²) in [5, 5.41) is 5.87. The predicted molar refractivity (Wildman–Crippen MR) is 87.3 cm³/mol. The molecule has 1 aliphatic carbocycles. The van der Waals surface area contributed by atoms with E-state index in [-0.39, 0.29) is 5.60 Å². The van der Waals surface area contributed by atoms with Crippen LogP contribution in [0.15, 0.2) is 17.5 Å². The summed E-state index contributed by atoms with van der Waals surface area (Å²) < 4.78 is 6.35. The Morgan fingerprint density at radius 3 is 2.45 bits per heavy atom. The van der Waals surface area contributed by atoms with Crippen molar-refractivity contribution < 1.29 is 4.74 Å². The molecular formula is C17H29NOS. The van der Waals surface area contributed by atoms with Gasteiger partial charge >= 0.3 is 0 Å². The standard InChI is InChI=1S/C17H29NOS/c1-5-18-15(14-8-7-13-20-14)17(19-6-2)11-9-16(3,4)10-12-17/h7-8,13,15,18H,5-6,9-12H2,1-4H3. The average Bonchev–Trinajstić information content (AvgIpc) is 2.93.